The third kappa shape index (κ3) is 3.33. The number of anilines is 1. The molecule has 1 saturated heterocycles. The van der Waals surface area contributed by atoms with Crippen LogP contribution in [0.4, 0.5) is 5.69 Å². The molecule has 0 radical (unpaired) electrons. The van der Waals surface area contributed by atoms with Gasteiger partial charge in [0.05, 0.1) is 10.6 Å². The fraction of sp³-hybridized carbons (Fsp3) is 0.350. The minimum Gasteiger partial charge on any atom is -0.482 e. The number of sulfonamides is 1. The van der Waals surface area contributed by atoms with Crippen molar-refractivity contribution in [1.82, 2.24) is 4.31 Å². The molecule has 2 aliphatic rings. The highest BCUT2D eigenvalue weighted by Gasteiger charge is 2.38. The van der Waals surface area contributed by atoms with Crippen LogP contribution < -0.4 is 10.1 Å². The first kappa shape index (κ1) is 18.0. The molecule has 1 atom stereocenters. The maximum Gasteiger partial charge on any atom is 0.262 e. The predicted molar refractivity (Wildman–Crippen MR) is 102 cm³/mol. The molecule has 1 amide bonds. The summed E-state index contributed by atoms with van der Waals surface area (Å²) >= 11 is 0. The molecule has 7 heteroatoms. The van der Waals surface area contributed by atoms with Gasteiger partial charge in [-0.2, -0.15) is 4.31 Å². The van der Waals surface area contributed by atoms with Crippen LogP contribution in [0.15, 0.2) is 53.4 Å². The second kappa shape index (κ2) is 6.65. The van der Waals surface area contributed by atoms with Crippen LogP contribution in [-0.2, 0) is 20.2 Å². The molecule has 1 unspecified atom stereocenters. The Balaban J connectivity index is 1.64. The van der Waals surface area contributed by atoms with Gasteiger partial charge in [-0.3, -0.25) is 4.79 Å². The molecular formula is C20H22N2O4S. The van der Waals surface area contributed by atoms with E-state index in [1.165, 1.54) is 6.07 Å². The second-order valence-corrected chi connectivity index (χ2v) is 9.30. The van der Waals surface area contributed by atoms with Gasteiger partial charge in [0.2, 0.25) is 10.0 Å². The van der Waals surface area contributed by atoms with Crippen molar-refractivity contribution < 1.29 is 17.9 Å². The third-order valence-corrected chi connectivity index (χ3v) is 7.19. The number of piperidine rings is 1. The van der Waals surface area contributed by atoms with E-state index in [-0.39, 0.29) is 22.8 Å². The molecule has 142 valence electrons. The number of carbonyl (C=O) groups is 1. The van der Waals surface area contributed by atoms with Crippen molar-refractivity contribution in [2.24, 2.45) is 0 Å². The lowest BCUT2D eigenvalue weighted by Crippen LogP contribution is -2.47. The van der Waals surface area contributed by atoms with Gasteiger partial charge in [-0.25, -0.2) is 8.42 Å². The van der Waals surface area contributed by atoms with Crippen molar-refractivity contribution in [2.45, 2.75) is 30.1 Å². The summed E-state index contributed by atoms with van der Waals surface area (Å²) in [6, 6.07) is 14.7. The van der Waals surface area contributed by atoms with E-state index < -0.39 is 10.0 Å². The van der Waals surface area contributed by atoms with E-state index in [4.69, 9.17) is 4.74 Å². The van der Waals surface area contributed by atoms with Crippen LogP contribution in [0.1, 0.15) is 25.3 Å². The zero-order valence-corrected chi connectivity index (χ0v) is 16.0. The monoisotopic (exact) mass is 386 g/mol. The van der Waals surface area contributed by atoms with E-state index in [1.807, 2.05) is 18.2 Å². The molecule has 0 aliphatic carbocycles. The number of carbonyl (C=O) groups excluding carboxylic acids is 1. The number of hydrogen-bond acceptors (Lipinski definition) is 4. The topological polar surface area (TPSA) is 75.7 Å². The van der Waals surface area contributed by atoms with Gasteiger partial charge in [0.25, 0.3) is 5.91 Å². The molecule has 0 bridgehead atoms. The Kier molecular flexibility index (Phi) is 4.44. The number of amides is 1. The zero-order chi connectivity index (χ0) is 19.1. The molecule has 0 spiro atoms. The SMILES string of the molecule is CC1(c2ccccc2)CCCN(S(=O)(=O)c2ccc3c(c2)NC(=O)CO3)C1. The molecule has 2 aromatic rings. The van der Waals surface area contributed by atoms with E-state index in [2.05, 4.69) is 24.4 Å². The predicted octanol–water partition coefficient (Wildman–Crippen LogP) is 2.76. The first-order chi connectivity index (χ1) is 12.9. The summed E-state index contributed by atoms with van der Waals surface area (Å²) in [6.45, 7) is 2.98. The summed E-state index contributed by atoms with van der Waals surface area (Å²) in [5.74, 6) is 0.202. The molecule has 2 aromatic carbocycles. The molecule has 1 fully saturated rings. The smallest absolute Gasteiger partial charge is 0.262 e. The van der Waals surface area contributed by atoms with Crippen LogP contribution in [0.5, 0.6) is 5.75 Å². The number of hydrogen-bond donors (Lipinski definition) is 1. The summed E-state index contributed by atoms with van der Waals surface area (Å²) in [7, 11) is -3.67. The van der Waals surface area contributed by atoms with Gasteiger partial charge in [0, 0.05) is 18.5 Å². The number of fused-ring (bicyclic) bond motifs is 1. The highest BCUT2D eigenvalue weighted by atomic mass is 32.2. The van der Waals surface area contributed by atoms with Crippen LogP contribution in [0.25, 0.3) is 0 Å². The number of rotatable bonds is 3. The average Bonchev–Trinajstić information content (AvgIpc) is 2.68. The van der Waals surface area contributed by atoms with E-state index in [0.717, 1.165) is 18.4 Å². The highest BCUT2D eigenvalue weighted by molar-refractivity contribution is 7.89. The summed E-state index contributed by atoms with van der Waals surface area (Å²) in [5.41, 5.74) is 1.32. The Bertz CT molecular complexity index is 975. The highest BCUT2D eigenvalue weighted by Crippen LogP contribution is 2.37. The maximum absolute atomic E-state index is 13.2. The molecule has 6 nitrogen and oxygen atoms in total. The second-order valence-electron chi connectivity index (χ2n) is 7.36. The molecular weight excluding hydrogens is 364 g/mol. The van der Waals surface area contributed by atoms with Gasteiger partial charge in [-0.1, -0.05) is 37.3 Å². The van der Waals surface area contributed by atoms with Crippen molar-refractivity contribution in [1.29, 1.82) is 0 Å². The lowest BCUT2D eigenvalue weighted by atomic mass is 9.77. The van der Waals surface area contributed by atoms with Gasteiger partial charge in [-0.15, -0.1) is 0 Å². The summed E-state index contributed by atoms with van der Waals surface area (Å²) < 4.78 is 33.4. The number of nitrogens with one attached hydrogen (secondary N) is 1. The van der Waals surface area contributed by atoms with Crippen molar-refractivity contribution in [2.75, 3.05) is 25.0 Å². The molecule has 2 heterocycles. The minimum atomic E-state index is -3.67. The lowest BCUT2D eigenvalue weighted by Gasteiger charge is -2.40. The molecule has 0 aromatic heterocycles. The van der Waals surface area contributed by atoms with Gasteiger partial charge in [0.15, 0.2) is 6.61 Å². The molecule has 0 saturated carbocycles. The van der Waals surface area contributed by atoms with Crippen LogP contribution in [0.3, 0.4) is 0 Å². The van der Waals surface area contributed by atoms with Gasteiger partial charge in [0.1, 0.15) is 5.75 Å². The van der Waals surface area contributed by atoms with Gasteiger partial charge < -0.3 is 10.1 Å². The first-order valence-corrected chi connectivity index (χ1v) is 10.4. The Hall–Kier alpha value is -2.38. The van der Waals surface area contributed by atoms with Crippen LogP contribution in [0.2, 0.25) is 0 Å². The molecule has 1 N–H and O–H groups in total. The van der Waals surface area contributed by atoms with Crippen LogP contribution >= 0.6 is 0 Å². The molecule has 27 heavy (non-hydrogen) atoms. The van der Waals surface area contributed by atoms with Crippen molar-refractivity contribution in [3.05, 3.63) is 54.1 Å². The largest absolute Gasteiger partial charge is 0.482 e. The standard InChI is InChI=1S/C20H22N2O4S/c1-20(15-6-3-2-4-7-15)10-5-11-22(14-20)27(24,25)16-8-9-18-17(12-16)21-19(23)13-26-18/h2-4,6-9,12H,5,10-11,13-14H2,1H3,(H,21,23). The lowest BCUT2D eigenvalue weighted by molar-refractivity contribution is -0.118. The van der Waals surface area contributed by atoms with E-state index in [1.54, 1.807) is 16.4 Å². The fourth-order valence-corrected chi connectivity index (χ4v) is 5.48. The Morgan fingerprint density at radius 2 is 1.93 bits per heavy atom. The van der Waals surface area contributed by atoms with E-state index >= 15 is 0 Å². The summed E-state index contributed by atoms with van der Waals surface area (Å²) in [4.78, 5) is 11.7. The van der Waals surface area contributed by atoms with Crippen molar-refractivity contribution in [3.63, 3.8) is 0 Å². The van der Waals surface area contributed by atoms with Gasteiger partial charge >= 0.3 is 0 Å². The molecule has 2 aliphatic heterocycles. The van der Waals surface area contributed by atoms with Crippen molar-refractivity contribution >= 4 is 21.6 Å². The quantitative estimate of drug-likeness (QED) is 0.880. The number of nitrogens with zero attached hydrogens (tertiary/aromatic N) is 1. The molecule has 4 rings (SSSR count). The van der Waals surface area contributed by atoms with E-state index in [9.17, 15) is 13.2 Å². The zero-order valence-electron chi connectivity index (χ0n) is 15.1. The first-order valence-electron chi connectivity index (χ1n) is 9.01. The van der Waals surface area contributed by atoms with Gasteiger partial charge in [-0.05, 0) is 36.6 Å². The van der Waals surface area contributed by atoms with Crippen LogP contribution in [0, 0.1) is 0 Å². The number of benzene rings is 2. The fourth-order valence-electron chi connectivity index (χ4n) is 3.85. The third-order valence-electron chi connectivity index (χ3n) is 5.35. The summed E-state index contributed by atoms with van der Waals surface area (Å²) in [5, 5.41) is 2.67. The van der Waals surface area contributed by atoms with Crippen molar-refractivity contribution in [3.8, 4) is 5.75 Å². The van der Waals surface area contributed by atoms with E-state index in [0.29, 0.717) is 24.5 Å². The average molecular weight is 386 g/mol. The Morgan fingerprint density at radius 1 is 1.15 bits per heavy atom. The minimum absolute atomic E-state index is 0.0549. The normalized spacial score (nSPS) is 23.2. The maximum atomic E-state index is 13.2. The van der Waals surface area contributed by atoms with Crippen LogP contribution in [-0.4, -0.2) is 38.3 Å². The Morgan fingerprint density at radius 3 is 2.70 bits per heavy atom. The number of ether oxygens (including phenoxy) is 1. The Labute approximate surface area is 159 Å². The summed E-state index contributed by atoms with van der Waals surface area (Å²) in [6.07, 6.45) is 1.74.